The van der Waals surface area contributed by atoms with Crippen LogP contribution in [0.15, 0.2) is 18.3 Å². The van der Waals surface area contributed by atoms with Crippen molar-refractivity contribution in [3.05, 3.63) is 24.0 Å². The molecule has 5 heteroatoms. The highest BCUT2D eigenvalue weighted by Crippen LogP contribution is 2.18. The lowest BCUT2D eigenvalue weighted by molar-refractivity contribution is 0.0611. The quantitative estimate of drug-likeness (QED) is 0.907. The number of amides is 1. The predicted molar refractivity (Wildman–Crippen MR) is 90.7 cm³/mol. The molecule has 0 aliphatic carbocycles. The van der Waals surface area contributed by atoms with Gasteiger partial charge in [-0.1, -0.05) is 0 Å². The molecular weight excluding hydrogens is 290 g/mol. The molecule has 2 fully saturated rings. The monoisotopic (exact) mass is 319 g/mol. The van der Waals surface area contributed by atoms with Crippen LogP contribution in [0.5, 0.6) is 0 Å². The molecule has 0 saturated carbocycles. The molecular formula is C18H29N3O2. The van der Waals surface area contributed by atoms with E-state index in [2.05, 4.69) is 24.1 Å². The maximum absolute atomic E-state index is 12.5. The maximum Gasteiger partial charge on any atom is 0.268 e. The molecule has 1 atom stereocenters. The van der Waals surface area contributed by atoms with E-state index in [0.29, 0.717) is 18.2 Å². The van der Waals surface area contributed by atoms with Crippen LogP contribution in [0.1, 0.15) is 56.1 Å². The third-order valence-electron chi connectivity index (χ3n) is 4.98. The van der Waals surface area contributed by atoms with Crippen molar-refractivity contribution in [1.29, 1.82) is 0 Å². The van der Waals surface area contributed by atoms with Gasteiger partial charge in [0.15, 0.2) is 0 Å². The number of aromatic nitrogens is 1. The summed E-state index contributed by atoms with van der Waals surface area (Å²) in [6.45, 7) is 8.27. The van der Waals surface area contributed by atoms with Gasteiger partial charge in [0.05, 0.1) is 6.10 Å². The number of hydrogen-bond donors (Lipinski definition) is 1. The summed E-state index contributed by atoms with van der Waals surface area (Å²) in [5, 5.41) is 3.21. The van der Waals surface area contributed by atoms with Gasteiger partial charge < -0.3 is 19.5 Å². The Hall–Kier alpha value is -1.33. The van der Waals surface area contributed by atoms with Crippen LogP contribution in [-0.4, -0.2) is 53.8 Å². The molecule has 0 radical (unpaired) electrons. The van der Waals surface area contributed by atoms with Crippen molar-refractivity contribution in [2.24, 2.45) is 0 Å². The van der Waals surface area contributed by atoms with Gasteiger partial charge in [0, 0.05) is 44.5 Å². The average molecular weight is 319 g/mol. The van der Waals surface area contributed by atoms with Crippen LogP contribution in [-0.2, 0) is 4.74 Å². The van der Waals surface area contributed by atoms with Crippen molar-refractivity contribution in [3.8, 4) is 0 Å². The average Bonchev–Trinajstić information content (AvgIpc) is 3.20. The molecule has 5 nitrogen and oxygen atoms in total. The summed E-state index contributed by atoms with van der Waals surface area (Å²) in [6.07, 6.45) is 6.86. The largest absolute Gasteiger partial charge is 0.377 e. The molecule has 2 saturated heterocycles. The van der Waals surface area contributed by atoms with E-state index in [-0.39, 0.29) is 5.91 Å². The summed E-state index contributed by atoms with van der Waals surface area (Å²) in [7, 11) is 0. The van der Waals surface area contributed by atoms with Crippen molar-refractivity contribution in [2.75, 3.05) is 26.2 Å². The Morgan fingerprint density at radius 1 is 1.35 bits per heavy atom. The Balaban J connectivity index is 1.46. The lowest BCUT2D eigenvalue weighted by atomic mass is 10.0. The summed E-state index contributed by atoms with van der Waals surface area (Å²) in [4.78, 5) is 15.0. The SMILES string of the molecule is CC(C)n1cccc1C(=O)NC1CCN(C[C@H]2CCCO2)CC1. The first-order chi connectivity index (χ1) is 11.1. The van der Waals surface area contributed by atoms with E-state index in [1.54, 1.807) is 0 Å². The second-order valence-corrected chi connectivity index (χ2v) is 7.08. The fourth-order valence-electron chi connectivity index (χ4n) is 3.63. The lowest BCUT2D eigenvalue weighted by Crippen LogP contribution is -2.46. The van der Waals surface area contributed by atoms with Crippen molar-refractivity contribution >= 4 is 5.91 Å². The Labute approximate surface area is 139 Å². The van der Waals surface area contributed by atoms with Gasteiger partial charge in [-0.2, -0.15) is 0 Å². The molecule has 3 rings (SSSR count). The van der Waals surface area contributed by atoms with E-state index >= 15 is 0 Å². The number of likely N-dealkylation sites (tertiary alicyclic amines) is 1. The summed E-state index contributed by atoms with van der Waals surface area (Å²) >= 11 is 0. The van der Waals surface area contributed by atoms with Gasteiger partial charge >= 0.3 is 0 Å². The van der Waals surface area contributed by atoms with E-state index < -0.39 is 0 Å². The Bertz CT molecular complexity index is 512. The van der Waals surface area contributed by atoms with E-state index in [9.17, 15) is 4.79 Å². The lowest BCUT2D eigenvalue weighted by Gasteiger charge is -2.33. The molecule has 23 heavy (non-hydrogen) atoms. The molecule has 2 aliphatic rings. The maximum atomic E-state index is 12.5. The molecule has 1 aromatic rings. The van der Waals surface area contributed by atoms with Crippen molar-refractivity contribution in [1.82, 2.24) is 14.8 Å². The first kappa shape index (κ1) is 16.5. The first-order valence-electron chi connectivity index (χ1n) is 8.95. The number of carbonyl (C=O) groups is 1. The van der Waals surface area contributed by atoms with E-state index in [1.807, 2.05) is 22.9 Å². The molecule has 128 valence electrons. The van der Waals surface area contributed by atoms with Gasteiger partial charge in [0.2, 0.25) is 0 Å². The number of hydrogen-bond acceptors (Lipinski definition) is 3. The highest BCUT2D eigenvalue weighted by molar-refractivity contribution is 5.93. The van der Waals surface area contributed by atoms with Crippen molar-refractivity contribution in [3.63, 3.8) is 0 Å². The molecule has 0 spiro atoms. The molecule has 1 aromatic heterocycles. The van der Waals surface area contributed by atoms with Crippen LogP contribution in [0.3, 0.4) is 0 Å². The minimum absolute atomic E-state index is 0.0567. The predicted octanol–water partition coefficient (Wildman–Crippen LogP) is 2.44. The minimum Gasteiger partial charge on any atom is -0.377 e. The first-order valence-corrected chi connectivity index (χ1v) is 8.95. The van der Waals surface area contributed by atoms with Crippen LogP contribution < -0.4 is 5.32 Å². The smallest absolute Gasteiger partial charge is 0.268 e. The third-order valence-corrected chi connectivity index (χ3v) is 4.98. The number of nitrogens with zero attached hydrogens (tertiary/aromatic N) is 2. The number of piperidine rings is 1. The van der Waals surface area contributed by atoms with Gasteiger partial charge in [0.25, 0.3) is 5.91 Å². The molecule has 1 amide bonds. The van der Waals surface area contributed by atoms with Gasteiger partial charge in [-0.3, -0.25) is 4.79 Å². The molecule has 0 bridgehead atoms. The number of carbonyl (C=O) groups excluding carboxylic acids is 1. The van der Waals surface area contributed by atoms with Crippen LogP contribution >= 0.6 is 0 Å². The van der Waals surface area contributed by atoms with E-state index in [4.69, 9.17) is 4.74 Å². The zero-order chi connectivity index (χ0) is 16.2. The Kier molecular flexibility index (Phi) is 5.38. The number of nitrogens with one attached hydrogen (secondary N) is 1. The molecule has 1 N–H and O–H groups in total. The van der Waals surface area contributed by atoms with Crippen LogP contribution in [0.25, 0.3) is 0 Å². The molecule has 0 aromatic carbocycles. The number of rotatable bonds is 5. The van der Waals surface area contributed by atoms with Crippen LogP contribution in [0, 0.1) is 0 Å². The minimum atomic E-state index is 0.0567. The summed E-state index contributed by atoms with van der Waals surface area (Å²) in [6, 6.07) is 4.44. The number of ether oxygens (including phenoxy) is 1. The zero-order valence-corrected chi connectivity index (χ0v) is 14.3. The van der Waals surface area contributed by atoms with Gasteiger partial charge in [-0.25, -0.2) is 0 Å². The fraction of sp³-hybridized carbons (Fsp3) is 0.722. The topological polar surface area (TPSA) is 46.5 Å². The summed E-state index contributed by atoms with van der Waals surface area (Å²) < 4.78 is 7.75. The normalized spacial score (nSPS) is 23.5. The van der Waals surface area contributed by atoms with Crippen LogP contribution in [0.4, 0.5) is 0 Å². The van der Waals surface area contributed by atoms with Crippen molar-refractivity contribution in [2.45, 2.75) is 57.7 Å². The van der Waals surface area contributed by atoms with E-state index in [0.717, 1.165) is 44.8 Å². The Morgan fingerprint density at radius 3 is 2.78 bits per heavy atom. The van der Waals surface area contributed by atoms with E-state index in [1.165, 1.54) is 12.8 Å². The summed E-state index contributed by atoms with van der Waals surface area (Å²) in [5.41, 5.74) is 0.766. The van der Waals surface area contributed by atoms with Gasteiger partial charge in [-0.15, -0.1) is 0 Å². The van der Waals surface area contributed by atoms with Crippen molar-refractivity contribution < 1.29 is 9.53 Å². The second kappa shape index (κ2) is 7.49. The summed E-state index contributed by atoms with van der Waals surface area (Å²) in [5.74, 6) is 0.0567. The Morgan fingerprint density at radius 2 is 2.13 bits per heavy atom. The second-order valence-electron chi connectivity index (χ2n) is 7.08. The standard InChI is InChI=1S/C18H29N3O2/c1-14(2)21-9-3-6-17(21)18(22)19-15-7-10-20(11-8-15)13-16-5-4-12-23-16/h3,6,9,14-16H,4-5,7-8,10-13H2,1-2H3,(H,19,22)/t16-/m1/s1. The highest BCUT2D eigenvalue weighted by Gasteiger charge is 2.25. The van der Waals surface area contributed by atoms with Gasteiger partial charge in [0.1, 0.15) is 5.69 Å². The molecule has 0 unspecified atom stereocenters. The molecule has 2 aliphatic heterocycles. The van der Waals surface area contributed by atoms with Crippen LogP contribution in [0.2, 0.25) is 0 Å². The zero-order valence-electron chi connectivity index (χ0n) is 14.3. The van der Waals surface area contributed by atoms with Gasteiger partial charge in [-0.05, 0) is 51.7 Å². The highest BCUT2D eigenvalue weighted by atomic mass is 16.5. The molecule has 3 heterocycles. The third kappa shape index (κ3) is 4.15. The fourth-order valence-corrected chi connectivity index (χ4v) is 3.63.